The number of carbonyl (C=O) groups excluding carboxylic acids is 2. The fourth-order valence-corrected chi connectivity index (χ4v) is 2.80. The van der Waals surface area contributed by atoms with E-state index in [9.17, 15) is 19.7 Å². The fraction of sp³-hybridized carbons (Fsp3) is 0.222. The molecule has 0 saturated heterocycles. The summed E-state index contributed by atoms with van der Waals surface area (Å²) in [6.07, 6.45) is 0. The Hall–Kier alpha value is -3.13. The summed E-state index contributed by atoms with van der Waals surface area (Å²) in [6.45, 7) is 3.07. The number of nitrogens with zero attached hydrogens (tertiary/aromatic N) is 1. The Balaban J connectivity index is 2.08. The van der Waals surface area contributed by atoms with E-state index in [0.717, 1.165) is 17.2 Å². The molecule has 0 fully saturated rings. The van der Waals surface area contributed by atoms with Gasteiger partial charge < -0.3 is 14.8 Å². The summed E-state index contributed by atoms with van der Waals surface area (Å²) in [5, 5.41) is 13.8. The lowest BCUT2D eigenvalue weighted by molar-refractivity contribution is -0.384. The largest absolute Gasteiger partial charge is 0.496 e. The molecule has 9 heteroatoms. The summed E-state index contributed by atoms with van der Waals surface area (Å²) < 4.78 is 9.95. The van der Waals surface area contributed by atoms with E-state index in [4.69, 9.17) is 21.1 Å². The quantitative estimate of drug-likeness (QED) is 0.456. The van der Waals surface area contributed by atoms with Crippen molar-refractivity contribution in [1.82, 2.24) is 0 Å². The fourth-order valence-electron chi connectivity index (χ4n) is 2.43. The molecule has 0 aliphatic heterocycles. The first-order chi connectivity index (χ1) is 12.7. The molecular formula is C18H17ClN2O6. The van der Waals surface area contributed by atoms with Gasteiger partial charge in [-0.2, -0.15) is 0 Å². The summed E-state index contributed by atoms with van der Waals surface area (Å²) in [6, 6.07) is 7.06. The number of ether oxygens (including phenoxy) is 2. The van der Waals surface area contributed by atoms with Gasteiger partial charge in [-0.05, 0) is 37.1 Å². The van der Waals surface area contributed by atoms with Crippen LogP contribution in [0.1, 0.15) is 21.5 Å². The second-order valence-corrected chi connectivity index (χ2v) is 6.11. The first-order valence-corrected chi connectivity index (χ1v) is 8.17. The number of nitro groups is 1. The molecule has 1 N–H and O–H groups in total. The highest BCUT2D eigenvalue weighted by Crippen LogP contribution is 2.27. The third kappa shape index (κ3) is 4.95. The van der Waals surface area contributed by atoms with Crippen LogP contribution >= 0.6 is 11.6 Å². The van der Waals surface area contributed by atoms with Crippen molar-refractivity contribution < 1.29 is 24.0 Å². The third-order valence-corrected chi connectivity index (χ3v) is 3.94. The molecule has 0 unspecified atom stereocenters. The number of esters is 1. The Morgan fingerprint density at radius 2 is 1.93 bits per heavy atom. The van der Waals surface area contributed by atoms with Crippen LogP contribution in [0.25, 0.3) is 0 Å². The molecule has 0 aliphatic rings. The van der Waals surface area contributed by atoms with E-state index in [2.05, 4.69) is 5.32 Å². The number of methoxy groups -OCH3 is 1. The van der Waals surface area contributed by atoms with Crippen molar-refractivity contribution in [3.63, 3.8) is 0 Å². The van der Waals surface area contributed by atoms with Gasteiger partial charge in [0.05, 0.1) is 22.7 Å². The van der Waals surface area contributed by atoms with Crippen molar-refractivity contribution in [2.24, 2.45) is 0 Å². The standard InChI is InChI=1S/C18H17ClN2O6/c1-10-6-11(2)17(14(19)7-10)20-16(22)9-27-18(23)13-8-12(21(24)25)4-5-15(13)26-3/h4-8H,9H2,1-3H3,(H,20,22). The first-order valence-electron chi connectivity index (χ1n) is 7.79. The van der Waals surface area contributed by atoms with Gasteiger partial charge in [0.2, 0.25) is 0 Å². The Kier molecular flexibility index (Phi) is 6.36. The molecule has 0 aromatic heterocycles. The van der Waals surface area contributed by atoms with Crippen LogP contribution in [0.4, 0.5) is 11.4 Å². The number of benzene rings is 2. The predicted octanol–water partition coefficient (Wildman–Crippen LogP) is 3.67. The molecule has 0 radical (unpaired) electrons. The van der Waals surface area contributed by atoms with Crippen LogP contribution in [-0.4, -0.2) is 30.5 Å². The van der Waals surface area contributed by atoms with Gasteiger partial charge in [-0.1, -0.05) is 17.7 Å². The molecule has 27 heavy (non-hydrogen) atoms. The van der Waals surface area contributed by atoms with Gasteiger partial charge in [0.1, 0.15) is 11.3 Å². The average Bonchev–Trinajstić information content (AvgIpc) is 2.61. The highest BCUT2D eigenvalue weighted by Gasteiger charge is 2.20. The molecule has 2 aromatic rings. The number of amides is 1. The molecule has 1 amide bonds. The predicted molar refractivity (Wildman–Crippen MR) is 99.5 cm³/mol. The zero-order valence-corrected chi connectivity index (χ0v) is 15.6. The Bertz CT molecular complexity index is 890. The van der Waals surface area contributed by atoms with Crippen LogP contribution in [-0.2, 0) is 9.53 Å². The zero-order valence-electron chi connectivity index (χ0n) is 14.9. The summed E-state index contributed by atoms with van der Waals surface area (Å²) in [4.78, 5) is 34.5. The molecule has 0 heterocycles. The van der Waals surface area contributed by atoms with E-state index in [1.807, 2.05) is 13.0 Å². The zero-order chi connectivity index (χ0) is 20.1. The van der Waals surface area contributed by atoms with Crippen molar-refractivity contribution in [1.29, 1.82) is 0 Å². The maximum absolute atomic E-state index is 12.2. The normalized spacial score (nSPS) is 10.2. The minimum absolute atomic E-state index is 0.100. The van der Waals surface area contributed by atoms with Gasteiger partial charge >= 0.3 is 5.97 Å². The van der Waals surface area contributed by atoms with Crippen molar-refractivity contribution in [2.45, 2.75) is 13.8 Å². The number of non-ortho nitro benzene ring substituents is 1. The molecule has 2 aromatic carbocycles. The van der Waals surface area contributed by atoms with Gasteiger partial charge in [-0.3, -0.25) is 14.9 Å². The smallest absolute Gasteiger partial charge is 0.342 e. The first kappa shape index (κ1) is 20.2. The highest BCUT2D eigenvalue weighted by atomic mass is 35.5. The molecule has 142 valence electrons. The lowest BCUT2D eigenvalue weighted by atomic mass is 10.1. The van der Waals surface area contributed by atoms with Crippen molar-refractivity contribution in [2.75, 3.05) is 19.0 Å². The van der Waals surface area contributed by atoms with Crippen LogP contribution in [0.3, 0.4) is 0 Å². The van der Waals surface area contributed by atoms with Crippen LogP contribution in [0.2, 0.25) is 5.02 Å². The maximum atomic E-state index is 12.2. The lowest BCUT2D eigenvalue weighted by Crippen LogP contribution is -2.22. The molecule has 0 bridgehead atoms. The van der Waals surface area contributed by atoms with Gasteiger partial charge in [0, 0.05) is 12.1 Å². The van der Waals surface area contributed by atoms with Gasteiger partial charge in [0.25, 0.3) is 11.6 Å². The van der Waals surface area contributed by atoms with Crippen LogP contribution in [0.15, 0.2) is 30.3 Å². The minimum Gasteiger partial charge on any atom is -0.496 e. The van der Waals surface area contributed by atoms with Crippen LogP contribution in [0, 0.1) is 24.0 Å². The number of halogens is 1. The van der Waals surface area contributed by atoms with Crippen molar-refractivity contribution in [3.8, 4) is 5.75 Å². The number of rotatable bonds is 6. The van der Waals surface area contributed by atoms with Crippen molar-refractivity contribution in [3.05, 3.63) is 62.2 Å². The number of aryl methyl sites for hydroxylation is 2. The number of carbonyl (C=O) groups is 2. The Labute approximate surface area is 160 Å². The third-order valence-electron chi connectivity index (χ3n) is 3.64. The summed E-state index contributed by atoms with van der Waals surface area (Å²) >= 11 is 6.12. The van der Waals surface area contributed by atoms with Crippen LogP contribution < -0.4 is 10.1 Å². The molecule has 2 rings (SSSR count). The molecule has 0 atom stereocenters. The lowest BCUT2D eigenvalue weighted by Gasteiger charge is -2.12. The van der Waals surface area contributed by atoms with E-state index in [1.165, 1.54) is 19.2 Å². The second kappa shape index (κ2) is 8.50. The number of hydrogen-bond donors (Lipinski definition) is 1. The average molecular weight is 393 g/mol. The minimum atomic E-state index is -0.919. The van der Waals surface area contributed by atoms with E-state index in [-0.39, 0.29) is 17.0 Å². The SMILES string of the molecule is COc1ccc([N+](=O)[O-])cc1C(=O)OCC(=O)Nc1c(C)cc(C)cc1Cl. The highest BCUT2D eigenvalue weighted by molar-refractivity contribution is 6.34. The summed E-state index contributed by atoms with van der Waals surface area (Å²) in [5.41, 5.74) is 1.69. The Morgan fingerprint density at radius 1 is 1.22 bits per heavy atom. The number of anilines is 1. The van der Waals surface area contributed by atoms with E-state index in [0.29, 0.717) is 10.7 Å². The maximum Gasteiger partial charge on any atom is 0.342 e. The van der Waals surface area contributed by atoms with E-state index < -0.39 is 23.4 Å². The summed E-state index contributed by atoms with van der Waals surface area (Å²) in [7, 11) is 1.31. The summed E-state index contributed by atoms with van der Waals surface area (Å²) in [5.74, 6) is -1.41. The van der Waals surface area contributed by atoms with Gasteiger partial charge in [0.15, 0.2) is 6.61 Å². The number of hydrogen-bond acceptors (Lipinski definition) is 6. The topological polar surface area (TPSA) is 108 Å². The molecular weight excluding hydrogens is 376 g/mol. The number of nitro benzene ring substituents is 1. The van der Waals surface area contributed by atoms with Crippen LogP contribution in [0.5, 0.6) is 5.75 Å². The van der Waals surface area contributed by atoms with E-state index in [1.54, 1.807) is 13.0 Å². The molecule has 0 aliphatic carbocycles. The molecule has 0 spiro atoms. The Morgan fingerprint density at radius 3 is 2.52 bits per heavy atom. The number of nitrogens with one attached hydrogen (secondary N) is 1. The van der Waals surface area contributed by atoms with Crippen molar-refractivity contribution >= 4 is 34.9 Å². The second-order valence-electron chi connectivity index (χ2n) is 5.70. The molecule has 0 saturated carbocycles. The van der Waals surface area contributed by atoms with Gasteiger partial charge in [-0.25, -0.2) is 4.79 Å². The molecule has 8 nitrogen and oxygen atoms in total. The van der Waals surface area contributed by atoms with E-state index >= 15 is 0 Å². The van der Waals surface area contributed by atoms with Gasteiger partial charge in [-0.15, -0.1) is 0 Å². The monoisotopic (exact) mass is 392 g/mol.